The number of thioether (sulfide) groups is 1. The van der Waals surface area contributed by atoms with Crippen LogP contribution in [0.3, 0.4) is 0 Å². The maximum Gasteiger partial charge on any atom is 0.0717 e. The van der Waals surface area contributed by atoms with E-state index in [1.54, 1.807) is 12.4 Å². The predicted octanol–water partition coefficient (Wildman–Crippen LogP) is 2.15. The second-order valence-electron chi connectivity index (χ2n) is 3.90. The minimum Gasteiger partial charge on any atom is -0.392 e. The highest BCUT2D eigenvalue weighted by molar-refractivity contribution is 7.98. The first kappa shape index (κ1) is 13.3. The molecule has 0 aliphatic rings. The number of pyridine rings is 1. The lowest BCUT2D eigenvalue weighted by Gasteiger charge is -2.28. The van der Waals surface area contributed by atoms with E-state index in [1.165, 1.54) is 0 Å². The van der Waals surface area contributed by atoms with Crippen molar-refractivity contribution < 1.29 is 5.11 Å². The van der Waals surface area contributed by atoms with Crippen molar-refractivity contribution in [2.45, 2.75) is 26.0 Å². The van der Waals surface area contributed by atoms with E-state index in [1.807, 2.05) is 17.8 Å². The Morgan fingerprint density at radius 2 is 2.31 bits per heavy atom. The Hall–Kier alpha value is -0.740. The second-order valence-corrected chi connectivity index (χ2v) is 4.89. The van der Waals surface area contributed by atoms with Gasteiger partial charge in [0.25, 0.3) is 0 Å². The van der Waals surface area contributed by atoms with E-state index in [0.717, 1.165) is 23.4 Å². The third-order valence-corrected chi connectivity index (χ3v) is 3.47. The first-order chi connectivity index (χ1) is 7.70. The molecule has 1 rings (SSSR count). The molecule has 1 atom stereocenters. The number of rotatable bonds is 6. The Bertz CT molecular complexity index is 320. The lowest BCUT2D eigenvalue weighted by Crippen LogP contribution is -2.30. The molecule has 0 radical (unpaired) electrons. The highest BCUT2D eigenvalue weighted by Crippen LogP contribution is 2.21. The highest BCUT2D eigenvalue weighted by atomic mass is 32.2. The zero-order chi connectivity index (χ0) is 12.0. The van der Waals surface area contributed by atoms with Crippen molar-refractivity contribution in [1.29, 1.82) is 0 Å². The molecule has 1 unspecified atom stereocenters. The van der Waals surface area contributed by atoms with Crippen LogP contribution in [0, 0.1) is 0 Å². The van der Waals surface area contributed by atoms with Crippen LogP contribution in [0.25, 0.3) is 0 Å². The molecule has 1 aromatic rings. The Morgan fingerprint density at radius 3 is 2.94 bits per heavy atom. The van der Waals surface area contributed by atoms with Crippen molar-refractivity contribution in [3.05, 3.63) is 24.0 Å². The summed E-state index contributed by atoms with van der Waals surface area (Å²) in [5.74, 6) is 1.16. The van der Waals surface area contributed by atoms with Gasteiger partial charge in [-0.2, -0.15) is 11.8 Å². The minimum absolute atomic E-state index is 0.0444. The standard InChI is InChI=1S/C12H20N2OS/c1-10(5-7-16-3)14(2)12-4-6-13-8-11(12)9-15/h4,6,8,10,15H,5,7,9H2,1-3H3. The molecule has 0 spiro atoms. The summed E-state index contributed by atoms with van der Waals surface area (Å²) in [5.41, 5.74) is 1.96. The molecule has 16 heavy (non-hydrogen) atoms. The van der Waals surface area contributed by atoms with E-state index in [-0.39, 0.29) is 6.61 Å². The normalized spacial score (nSPS) is 12.5. The molecule has 0 saturated carbocycles. The Morgan fingerprint density at radius 1 is 1.56 bits per heavy atom. The van der Waals surface area contributed by atoms with Crippen molar-refractivity contribution in [3.8, 4) is 0 Å². The van der Waals surface area contributed by atoms with Crippen LogP contribution < -0.4 is 4.90 Å². The zero-order valence-corrected chi connectivity index (χ0v) is 11.0. The fourth-order valence-corrected chi connectivity index (χ4v) is 2.18. The fourth-order valence-electron chi connectivity index (χ4n) is 1.61. The van der Waals surface area contributed by atoms with Crippen LogP contribution >= 0.6 is 11.8 Å². The summed E-state index contributed by atoms with van der Waals surface area (Å²) >= 11 is 1.86. The fraction of sp³-hybridized carbons (Fsp3) is 0.583. The number of hydrogen-bond donors (Lipinski definition) is 1. The van der Waals surface area contributed by atoms with Gasteiger partial charge in [-0.3, -0.25) is 4.98 Å². The molecule has 0 aromatic carbocycles. The first-order valence-corrected chi connectivity index (χ1v) is 6.85. The van der Waals surface area contributed by atoms with Crippen molar-refractivity contribution in [2.75, 3.05) is 24.0 Å². The monoisotopic (exact) mass is 240 g/mol. The molecule has 0 fully saturated rings. The molecule has 0 aliphatic heterocycles. The summed E-state index contributed by atoms with van der Waals surface area (Å²) < 4.78 is 0. The number of nitrogens with zero attached hydrogens (tertiary/aromatic N) is 2. The van der Waals surface area contributed by atoms with E-state index in [9.17, 15) is 5.11 Å². The molecule has 1 aromatic heterocycles. The molecular weight excluding hydrogens is 220 g/mol. The van der Waals surface area contributed by atoms with Gasteiger partial charge >= 0.3 is 0 Å². The zero-order valence-electron chi connectivity index (χ0n) is 10.2. The van der Waals surface area contributed by atoms with E-state index in [0.29, 0.717) is 6.04 Å². The lowest BCUT2D eigenvalue weighted by atomic mass is 10.1. The van der Waals surface area contributed by atoms with E-state index < -0.39 is 0 Å². The number of aliphatic hydroxyl groups is 1. The van der Waals surface area contributed by atoms with Gasteiger partial charge in [0.05, 0.1) is 6.61 Å². The summed E-state index contributed by atoms with van der Waals surface area (Å²) in [6.45, 7) is 2.25. The molecule has 0 aliphatic carbocycles. The Balaban J connectivity index is 2.74. The summed E-state index contributed by atoms with van der Waals surface area (Å²) in [6.07, 6.45) is 6.77. The SMILES string of the molecule is CSCCC(C)N(C)c1ccncc1CO. The number of hydrogen-bond acceptors (Lipinski definition) is 4. The van der Waals surface area contributed by atoms with Gasteiger partial charge in [-0.1, -0.05) is 0 Å². The van der Waals surface area contributed by atoms with E-state index in [4.69, 9.17) is 0 Å². The van der Waals surface area contributed by atoms with E-state index in [2.05, 4.69) is 30.1 Å². The van der Waals surface area contributed by atoms with Crippen LogP contribution in [0.5, 0.6) is 0 Å². The molecule has 0 amide bonds. The van der Waals surface area contributed by atoms with Crippen molar-refractivity contribution in [3.63, 3.8) is 0 Å². The molecule has 1 heterocycles. The lowest BCUT2D eigenvalue weighted by molar-refractivity contribution is 0.281. The van der Waals surface area contributed by atoms with Gasteiger partial charge in [-0.05, 0) is 31.4 Å². The van der Waals surface area contributed by atoms with Crippen LogP contribution in [0.4, 0.5) is 5.69 Å². The third-order valence-electron chi connectivity index (χ3n) is 2.83. The van der Waals surface area contributed by atoms with Crippen molar-refractivity contribution in [1.82, 2.24) is 4.98 Å². The smallest absolute Gasteiger partial charge is 0.0717 e. The number of anilines is 1. The maximum atomic E-state index is 9.25. The topological polar surface area (TPSA) is 36.4 Å². The Labute approximate surface area is 102 Å². The molecule has 0 saturated heterocycles. The van der Waals surface area contributed by atoms with Gasteiger partial charge in [0, 0.05) is 36.7 Å². The minimum atomic E-state index is 0.0444. The van der Waals surface area contributed by atoms with Gasteiger partial charge in [0.1, 0.15) is 0 Å². The van der Waals surface area contributed by atoms with Gasteiger partial charge in [-0.25, -0.2) is 0 Å². The van der Waals surface area contributed by atoms with Crippen molar-refractivity contribution in [2.24, 2.45) is 0 Å². The van der Waals surface area contributed by atoms with Crippen LogP contribution in [0.1, 0.15) is 18.9 Å². The molecule has 4 heteroatoms. The van der Waals surface area contributed by atoms with Gasteiger partial charge in [-0.15, -0.1) is 0 Å². The van der Waals surface area contributed by atoms with Gasteiger partial charge in [0.2, 0.25) is 0 Å². The van der Waals surface area contributed by atoms with Crippen LogP contribution in [0.2, 0.25) is 0 Å². The molecular formula is C12H20N2OS. The van der Waals surface area contributed by atoms with Gasteiger partial charge < -0.3 is 10.0 Å². The highest BCUT2D eigenvalue weighted by Gasteiger charge is 2.12. The molecule has 1 N–H and O–H groups in total. The van der Waals surface area contributed by atoms with Crippen LogP contribution in [0.15, 0.2) is 18.5 Å². The largest absolute Gasteiger partial charge is 0.392 e. The average Bonchev–Trinajstić information content (AvgIpc) is 2.34. The summed E-state index contributed by atoms with van der Waals surface area (Å²) in [6, 6.07) is 2.43. The summed E-state index contributed by atoms with van der Waals surface area (Å²) in [7, 11) is 2.07. The number of aliphatic hydroxyl groups excluding tert-OH is 1. The molecule has 90 valence electrons. The molecule has 0 bridgehead atoms. The van der Waals surface area contributed by atoms with Crippen molar-refractivity contribution >= 4 is 17.4 Å². The van der Waals surface area contributed by atoms with E-state index >= 15 is 0 Å². The Kier molecular flexibility index (Phi) is 5.63. The van der Waals surface area contributed by atoms with Gasteiger partial charge in [0.15, 0.2) is 0 Å². The van der Waals surface area contributed by atoms with Crippen LogP contribution in [-0.4, -0.2) is 35.2 Å². The third kappa shape index (κ3) is 3.39. The predicted molar refractivity (Wildman–Crippen MR) is 71.0 cm³/mol. The quantitative estimate of drug-likeness (QED) is 0.826. The average molecular weight is 240 g/mol. The molecule has 3 nitrogen and oxygen atoms in total. The van der Waals surface area contributed by atoms with Crippen LogP contribution in [-0.2, 0) is 6.61 Å². The second kappa shape index (κ2) is 6.76. The summed E-state index contributed by atoms with van der Waals surface area (Å²) in [4.78, 5) is 6.24. The number of aromatic nitrogens is 1. The first-order valence-electron chi connectivity index (χ1n) is 5.46. The maximum absolute atomic E-state index is 9.25. The summed E-state index contributed by atoms with van der Waals surface area (Å²) in [5, 5.41) is 9.25.